The van der Waals surface area contributed by atoms with E-state index in [2.05, 4.69) is 16.7 Å². The van der Waals surface area contributed by atoms with Gasteiger partial charge in [0.25, 0.3) is 0 Å². The number of ether oxygens (including phenoxy) is 1. The lowest BCUT2D eigenvalue weighted by Gasteiger charge is -2.38. The van der Waals surface area contributed by atoms with Gasteiger partial charge in [0, 0.05) is 48.8 Å². The molecule has 4 nitrogen and oxygen atoms in total. The number of piperazine rings is 1. The maximum atomic E-state index is 15.0. The third kappa shape index (κ3) is 6.31. The van der Waals surface area contributed by atoms with Crippen LogP contribution in [0, 0.1) is 5.82 Å². The Bertz CT molecular complexity index is 1040. The first-order valence-corrected chi connectivity index (χ1v) is 12.7. The van der Waals surface area contributed by atoms with E-state index in [4.69, 9.17) is 27.9 Å². The molecule has 0 aromatic heterocycles. The third-order valence-corrected chi connectivity index (χ3v) is 7.02. The molecule has 1 heterocycles. The standard InChI is InChI=1S/C27H33Cl2FN2O2/c1-17(19-11-21(28)14-22(29)12-19)32-9-7-31(8-10-32)16-20-13-25(30)24(15-23(20)18-5-6-18)26(33)34-27(2,3)4/h11-15,17-18H,5-10,16H2,1-4H3. The smallest absolute Gasteiger partial charge is 0.341 e. The molecule has 184 valence electrons. The first-order valence-electron chi connectivity index (χ1n) is 12.0. The molecule has 0 spiro atoms. The number of benzene rings is 2. The topological polar surface area (TPSA) is 32.8 Å². The zero-order chi connectivity index (χ0) is 24.6. The van der Waals surface area contributed by atoms with Crippen molar-refractivity contribution in [1.29, 1.82) is 0 Å². The summed E-state index contributed by atoms with van der Waals surface area (Å²) in [5.74, 6) is -0.688. The van der Waals surface area contributed by atoms with Crippen LogP contribution in [0.3, 0.4) is 0 Å². The molecule has 0 N–H and O–H groups in total. The van der Waals surface area contributed by atoms with Crippen molar-refractivity contribution in [3.63, 3.8) is 0 Å². The summed E-state index contributed by atoms with van der Waals surface area (Å²) in [4.78, 5) is 17.3. The fourth-order valence-electron chi connectivity index (χ4n) is 4.61. The third-order valence-electron chi connectivity index (χ3n) is 6.58. The van der Waals surface area contributed by atoms with Crippen LogP contribution >= 0.6 is 23.2 Å². The van der Waals surface area contributed by atoms with Crippen LogP contribution in [-0.4, -0.2) is 47.5 Å². The predicted molar refractivity (Wildman–Crippen MR) is 135 cm³/mol. The lowest BCUT2D eigenvalue weighted by atomic mass is 9.98. The monoisotopic (exact) mass is 506 g/mol. The molecule has 2 aromatic rings. The van der Waals surface area contributed by atoms with Gasteiger partial charge in [-0.2, -0.15) is 0 Å². The van der Waals surface area contributed by atoms with E-state index in [1.54, 1.807) is 39.0 Å². The minimum atomic E-state index is -0.658. The van der Waals surface area contributed by atoms with Crippen LogP contribution in [0.15, 0.2) is 30.3 Å². The maximum absolute atomic E-state index is 15.0. The highest BCUT2D eigenvalue weighted by molar-refractivity contribution is 6.34. The second-order valence-corrected chi connectivity index (χ2v) is 11.4. The molecule has 1 unspecified atom stereocenters. The summed E-state index contributed by atoms with van der Waals surface area (Å²) >= 11 is 12.4. The quantitative estimate of drug-likeness (QED) is 0.401. The number of carbonyl (C=O) groups is 1. The van der Waals surface area contributed by atoms with Crippen molar-refractivity contribution in [3.05, 3.63) is 68.4 Å². The summed E-state index contributed by atoms with van der Waals surface area (Å²) in [7, 11) is 0. The summed E-state index contributed by atoms with van der Waals surface area (Å²) in [6.07, 6.45) is 2.17. The molecule has 7 heteroatoms. The lowest BCUT2D eigenvalue weighted by molar-refractivity contribution is 0.00645. The molecule has 1 aliphatic heterocycles. The van der Waals surface area contributed by atoms with Gasteiger partial charge in [0.05, 0.1) is 5.56 Å². The molecule has 0 radical (unpaired) electrons. The summed E-state index contributed by atoms with van der Waals surface area (Å²) in [5.41, 5.74) is 2.57. The fourth-order valence-corrected chi connectivity index (χ4v) is 5.15. The fraction of sp³-hybridized carbons (Fsp3) is 0.519. The Labute approximate surface area is 212 Å². The molecule has 2 aromatic carbocycles. The number of halogens is 3. The zero-order valence-corrected chi connectivity index (χ0v) is 21.8. The van der Waals surface area contributed by atoms with Crippen molar-refractivity contribution in [1.82, 2.24) is 9.80 Å². The second kappa shape index (κ2) is 10.1. The van der Waals surface area contributed by atoms with Crippen LogP contribution in [-0.2, 0) is 11.3 Å². The van der Waals surface area contributed by atoms with Crippen LogP contribution in [0.5, 0.6) is 0 Å². The van der Waals surface area contributed by atoms with Crippen LogP contribution in [0.1, 0.15) is 79.5 Å². The highest BCUT2D eigenvalue weighted by atomic mass is 35.5. The minimum absolute atomic E-state index is 0.0411. The van der Waals surface area contributed by atoms with E-state index in [1.165, 1.54) is 0 Å². The Morgan fingerprint density at radius 1 is 1.06 bits per heavy atom. The lowest BCUT2D eigenvalue weighted by Crippen LogP contribution is -2.46. The van der Waals surface area contributed by atoms with Crippen LogP contribution in [0.2, 0.25) is 10.0 Å². The molecule has 1 saturated heterocycles. The van der Waals surface area contributed by atoms with Gasteiger partial charge >= 0.3 is 5.97 Å². The Hall–Kier alpha value is -1.66. The molecule has 1 saturated carbocycles. The van der Waals surface area contributed by atoms with Gasteiger partial charge in [-0.25, -0.2) is 9.18 Å². The summed E-state index contributed by atoms with van der Waals surface area (Å²) in [5, 5.41) is 1.30. The van der Waals surface area contributed by atoms with Gasteiger partial charge < -0.3 is 4.74 Å². The molecule has 2 fully saturated rings. The molecule has 2 aliphatic rings. The number of hydrogen-bond acceptors (Lipinski definition) is 4. The Morgan fingerprint density at radius 3 is 2.24 bits per heavy atom. The molecular weight excluding hydrogens is 474 g/mol. The van der Waals surface area contributed by atoms with Gasteiger partial charge in [-0.15, -0.1) is 0 Å². The second-order valence-electron chi connectivity index (χ2n) is 10.5. The molecule has 34 heavy (non-hydrogen) atoms. The molecule has 4 rings (SSSR count). The van der Waals surface area contributed by atoms with Gasteiger partial charge in [0.15, 0.2) is 0 Å². The number of rotatable bonds is 6. The Balaban J connectivity index is 1.43. The van der Waals surface area contributed by atoms with E-state index in [1.807, 2.05) is 12.1 Å². The molecule has 0 bridgehead atoms. The SMILES string of the molecule is CC(c1cc(Cl)cc(Cl)c1)N1CCN(Cc2cc(F)c(C(=O)OC(C)(C)C)cc2C2CC2)CC1. The van der Waals surface area contributed by atoms with Crippen molar-refractivity contribution in [2.75, 3.05) is 26.2 Å². The molecule has 1 atom stereocenters. The van der Waals surface area contributed by atoms with E-state index in [0.717, 1.165) is 55.7 Å². The van der Waals surface area contributed by atoms with Crippen molar-refractivity contribution in [3.8, 4) is 0 Å². The van der Waals surface area contributed by atoms with Gasteiger partial charge in [0.1, 0.15) is 11.4 Å². The highest BCUT2D eigenvalue weighted by Crippen LogP contribution is 2.43. The average Bonchev–Trinajstić information content (AvgIpc) is 3.57. The minimum Gasteiger partial charge on any atom is -0.456 e. The maximum Gasteiger partial charge on any atom is 0.341 e. The normalized spacial score (nSPS) is 18.7. The van der Waals surface area contributed by atoms with Crippen LogP contribution < -0.4 is 0 Å². The van der Waals surface area contributed by atoms with Gasteiger partial charge in [-0.3, -0.25) is 9.80 Å². The summed E-state index contributed by atoms with van der Waals surface area (Å²) in [6, 6.07) is 9.20. The Morgan fingerprint density at radius 2 is 1.68 bits per heavy atom. The van der Waals surface area contributed by atoms with Crippen LogP contribution in [0.4, 0.5) is 4.39 Å². The number of esters is 1. The number of hydrogen-bond donors (Lipinski definition) is 0. The number of nitrogens with zero attached hydrogens (tertiary/aromatic N) is 2. The average molecular weight is 507 g/mol. The van der Waals surface area contributed by atoms with Crippen molar-refractivity contribution in [2.24, 2.45) is 0 Å². The first kappa shape index (κ1) is 25.4. The van der Waals surface area contributed by atoms with Gasteiger partial charge in [0.2, 0.25) is 0 Å². The van der Waals surface area contributed by atoms with E-state index in [-0.39, 0.29) is 11.6 Å². The van der Waals surface area contributed by atoms with E-state index in [9.17, 15) is 9.18 Å². The Kier molecular flexibility index (Phi) is 7.58. The molecule has 1 aliphatic carbocycles. The van der Waals surface area contributed by atoms with E-state index >= 15 is 0 Å². The molecule has 0 amide bonds. The van der Waals surface area contributed by atoms with Crippen molar-refractivity contribution >= 4 is 29.2 Å². The van der Waals surface area contributed by atoms with E-state index < -0.39 is 17.4 Å². The van der Waals surface area contributed by atoms with E-state index in [0.29, 0.717) is 22.5 Å². The molecular formula is C27H33Cl2FN2O2. The largest absolute Gasteiger partial charge is 0.456 e. The summed E-state index contributed by atoms with van der Waals surface area (Å²) in [6.45, 7) is 11.8. The van der Waals surface area contributed by atoms with Crippen molar-refractivity contribution in [2.45, 2.75) is 64.6 Å². The van der Waals surface area contributed by atoms with Gasteiger partial charge in [-0.1, -0.05) is 23.2 Å². The van der Waals surface area contributed by atoms with Gasteiger partial charge in [-0.05, 0) is 93.5 Å². The number of carbonyl (C=O) groups excluding carboxylic acids is 1. The highest BCUT2D eigenvalue weighted by Gasteiger charge is 2.31. The first-order chi connectivity index (χ1) is 16.0. The summed E-state index contributed by atoms with van der Waals surface area (Å²) < 4.78 is 20.4. The predicted octanol–water partition coefficient (Wildman–Crippen LogP) is 6.84. The van der Waals surface area contributed by atoms with Crippen LogP contribution in [0.25, 0.3) is 0 Å². The van der Waals surface area contributed by atoms with Crippen molar-refractivity contribution < 1.29 is 13.9 Å². The zero-order valence-electron chi connectivity index (χ0n) is 20.3.